The van der Waals surface area contributed by atoms with E-state index in [9.17, 15) is 27.6 Å². The van der Waals surface area contributed by atoms with Crippen LogP contribution in [0.2, 0.25) is 0 Å². The van der Waals surface area contributed by atoms with Gasteiger partial charge in [0, 0.05) is 15.6 Å². The third-order valence-electron chi connectivity index (χ3n) is 7.83. The van der Waals surface area contributed by atoms with Gasteiger partial charge in [-0.25, -0.2) is 0 Å². The van der Waals surface area contributed by atoms with E-state index in [-0.39, 0.29) is 31.1 Å². The quantitative estimate of drug-likeness (QED) is 0.233. The molecule has 13 heteroatoms. The second kappa shape index (κ2) is 14.1. The molecule has 4 aromatic carbocycles. The average Bonchev–Trinajstić information content (AvgIpc) is 3.14. The number of hydrogen-bond acceptors (Lipinski definition) is 5. The van der Waals surface area contributed by atoms with Crippen molar-refractivity contribution in [2.45, 2.75) is 31.7 Å². The van der Waals surface area contributed by atoms with Crippen molar-refractivity contribution in [3.8, 4) is 5.75 Å². The molecule has 1 heterocycles. The molecule has 242 valence electrons. The van der Waals surface area contributed by atoms with Crippen LogP contribution in [0.5, 0.6) is 5.75 Å². The van der Waals surface area contributed by atoms with Crippen molar-refractivity contribution in [3.63, 3.8) is 0 Å². The number of fused-ring (bicyclic) bond motifs is 2. The number of benzene rings is 4. The lowest BCUT2D eigenvalue weighted by Crippen LogP contribution is -2.55. The van der Waals surface area contributed by atoms with Crippen molar-refractivity contribution >= 4 is 68.2 Å². The number of nitrogens with zero attached hydrogens (tertiary/aromatic N) is 2. The lowest BCUT2D eigenvalue weighted by molar-refractivity contribution is -0.137. The Kier molecular flexibility index (Phi) is 10.7. The molecule has 46 heavy (non-hydrogen) atoms. The fraction of sp³-hybridized carbons (Fsp3) is 0.242. The van der Waals surface area contributed by atoms with Gasteiger partial charge in [0.15, 0.2) is 0 Å². The highest BCUT2D eigenvalue weighted by molar-refractivity contribution is 9.10. The van der Waals surface area contributed by atoms with Gasteiger partial charge >= 0.3 is 6.18 Å². The fourth-order valence-electron chi connectivity index (χ4n) is 5.29. The Labute approximate surface area is 278 Å². The zero-order valence-electron chi connectivity index (χ0n) is 25.0. The van der Waals surface area contributed by atoms with Crippen LogP contribution in [0, 0.1) is 0 Å². The Morgan fingerprint density at radius 2 is 1.70 bits per heavy atom. The van der Waals surface area contributed by atoms with Crippen LogP contribution in [0.4, 0.5) is 24.5 Å². The van der Waals surface area contributed by atoms with Gasteiger partial charge in [-0.3, -0.25) is 14.4 Å². The highest BCUT2D eigenvalue weighted by atomic mass is 79.9. The number of para-hydroxylation sites is 2. The number of ether oxygens (including phenoxy) is 1. The summed E-state index contributed by atoms with van der Waals surface area (Å²) in [5.74, 6) is -1.02. The third kappa shape index (κ3) is 6.98. The van der Waals surface area contributed by atoms with E-state index in [4.69, 9.17) is 4.74 Å². The molecule has 1 aliphatic heterocycles. The lowest BCUT2D eigenvalue weighted by Gasteiger charge is -2.27. The summed E-state index contributed by atoms with van der Waals surface area (Å²) in [7, 11) is 3.14. The number of nitrogens with one attached hydrogen (secondary N) is 2. The van der Waals surface area contributed by atoms with E-state index < -0.39 is 41.5 Å². The minimum absolute atomic E-state index is 0. The summed E-state index contributed by atoms with van der Waals surface area (Å²) >= 11 is 3.50. The first kappa shape index (κ1) is 34.7. The van der Waals surface area contributed by atoms with Crippen molar-refractivity contribution in [1.29, 1.82) is 0 Å². The lowest BCUT2D eigenvalue weighted by atomic mass is 10.0. The molecule has 4 aromatic rings. The molecule has 3 amide bonds. The van der Waals surface area contributed by atoms with Gasteiger partial charge in [-0.15, -0.1) is 12.4 Å². The van der Waals surface area contributed by atoms with E-state index in [1.54, 1.807) is 38.2 Å². The fourth-order valence-corrected chi connectivity index (χ4v) is 5.67. The zero-order valence-corrected chi connectivity index (χ0v) is 27.4. The van der Waals surface area contributed by atoms with Crippen molar-refractivity contribution in [2.24, 2.45) is 0 Å². The molecule has 0 bridgehead atoms. The molecule has 8 nitrogen and oxygen atoms in total. The van der Waals surface area contributed by atoms with Crippen LogP contribution in [-0.4, -0.2) is 50.5 Å². The molecule has 0 aliphatic carbocycles. The maximum atomic E-state index is 14.4. The highest BCUT2D eigenvalue weighted by Gasteiger charge is 2.38. The van der Waals surface area contributed by atoms with Crippen LogP contribution >= 0.6 is 28.3 Å². The normalized spacial score (nSPS) is 15.5. The van der Waals surface area contributed by atoms with Crippen LogP contribution in [0.1, 0.15) is 28.4 Å². The first-order valence-corrected chi connectivity index (χ1v) is 14.8. The summed E-state index contributed by atoms with van der Waals surface area (Å²) in [4.78, 5) is 44.2. The minimum Gasteiger partial charge on any atom is -0.496 e. The van der Waals surface area contributed by atoms with Gasteiger partial charge in [0.05, 0.1) is 43.2 Å². The van der Waals surface area contributed by atoms with Gasteiger partial charge in [-0.05, 0) is 79.3 Å². The van der Waals surface area contributed by atoms with Gasteiger partial charge in [-0.2, -0.15) is 13.2 Å². The van der Waals surface area contributed by atoms with E-state index in [1.807, 2.05) is 30.3 Å². The van der Waals surface area contributed by atoms with E-state index in [0.29, 0.717) is 22.7 Å². The van der Waals surface area contributed by atoms with Gasteiger partial charge in [0.25, 0.3) is 11.8 Å². The third-order valence-corrected chi connectivity index (χ3v) is 8.32. The van der Waals surface area contributed by atoms with Crippen molar-refractivity contribution in [1.82, 2.24) is 10.6 Å². The standard InChI is InChI=1S/C33H30BrF3N4O4.ClH/c1-19(38-2)30(42)39-26-18-41(31(43)20-8-11-22(12-9-20)33(35,36)37)28-7-5-4-6-27(28)40(32(26)44)17-25-24-14-13-23(34)16-21(24)10-15-29(25)45-3;/h4-16,19,26,38H,17-18H2,1-3H3,(H,39,42);1H/t19?,26-;/m0./s1. The van der Waals surface area contributed by atoms with Crippen LogP contribution in [0.15, 0.2) is 83.3 Å². The molecule has 0 spiro atoms. The summed E-state index contributed by atoms with van der Waals surface area (Å²) < 4.78 is 46.3. The number of hydrogen-bond donors (Lipinski definition) is 2. The maximum absolute atomic E-state index is 14.4. The average molecular weight is 720 g/mol. The van der Waals surface area contributed by atoms with Gasteiger partial charge in [-0.1, -0.05) is 40.2 Å². The SMILES string of the molecule is CNC(C)C(=O)N[C@H]1CN(C(=O)c2ccc(C(F)(F)F)cc2)c2ccccc2N(Cc2c(OC)ccc3cc(Br)ccc23)C1=O.Cl. The molecule has 0 saturated heterocycles. The number of carbonyl (C=O) groups excluding carboxylic acids is 3. The van der Waals surface area contributed by atoms with Crippen LogP contribution < -0.4 is 25.2 Å². The van der Waals surface area contributed by atoms with Crippen LogP contribution in [0.25, 0.3) is 10.8 Å². The minimum atomic E-state index is -4.57. The summed E-state index contributed by atoms with van der Waals surface area (Å²) in [6, 6.07) is 18.3. The number of carbonyl (C=O) groups is 3. The molecule has 1 aliphatic rings. The summed E-state index contributed by atoms with van der Waals surface area (Å²) in [6.07, 6.45) is -4.57. The van der Waals surface area contributed by atoms with E-state index in [1.165, 1.54) is 16.9 Å². The molecular formula is C33H31BrClF3N4O4. The van der Waals surface area contributed by atoms with Gasteiger partial charge in [0.2, 0.25) is 5.91 Å². The second-order valence-electron chi connectivity index (χ2n) is 10.6. The predicted molar refractivity (Wildman–Crippen MR) is 177 cm³/mol. The first-order chi connectivity index (χ1) is 21.4. The summed E-state index contributed by atoms with van der Waals surface area (Å²) in [5.41, 5.74) is 0.558. The van der Waals surface area contributed by atoms with E-state index in [2.05, 4.69) is 26.6 Å². The largest absolute Gasteiger partial charge is 0.496 e. The first-order valence-electron chi connectivity index (χ1n) is 14.0. The van der Waals surface area contributed by atoms with Crippen LogP contribution in [-0.2, 0) is 22.3 Å². The summed E-state index contributed by atoms with van der Waals surface area (Å²) in [6.45, 7) is 1.41. The Morgan fingerprint density at radius 3 is 2.33 bits per heavy atom. The monoisotopic (exact) mass is 718 g/mol. The highest BCUT2D eigenvalue weighted by Crippen LogP contribution is 2.38. The number of halogens is 5. The smallest absolute Gasteiger partial charge is 0.416 e. The van der Waals surface area contributed by atoms with Crippen molar-refractivity contribution in [3.05, 3.63) is 100 Å². The predicted octanol–water partition coefficient (Wildman–Crippen LogP) is 6.34. The molecule has 5 rings (SSSR count). The van der Waals surface area contributed by atoms with E-state index in [0.717, 1.165) is 39.5 Å². The zero-order chi connectivity index (χ0) is 32.5. The molecule has 0 aromatic heterocycles. The molecule has 1 unspecified atom stereocenters. The molecule has 0 saturated carbocycles. The Balaban J connectivity index is 0.00000480. The number of rotatable bonds is 7. The number of methoxy groups -OCH3 is 1. The Morgan fingerprint density at radius 1 is 1.02 bits per heavy atom. The Hall–Kier alpha value is -4.13. The summed E-state index contributed by atoms with van der Waals surface area (Å²) in [5, 5.41) is 7.36. The Bertz CT molecular complexity index is 1770. The number of amides is 3. The molecule has 0 fully saturated rings. The maximum Gasteiger partial charge on any atom is 0.416 e. The number of anilines is 2. The van der Waals surface area contributed by atoms with Gasteiger partial charge < -0.3 is 25.2 Å². The number of alkyl halides is 3. The van der Waals surface area contributed by atoms with Crippen LogP contribution in [0.3, 0.4) is 0 Å². The molecular weight excluding hydrogens is 689 g/mol. The van der Waals surface area contributed by atoms with Gasteiger partial charge in [0.1, 0.15) is 11.8 Å². The topological polar surface area (TPSA) is 91.0 Å². The molecule has 0 radical (unpaired) electrons. The van der Waals surface area contributed by atoms with Crippen molar-refractivity contribution < 1.29 is 32.3 Å². The number of likely N-dealkylation sites (N-methyl/N-ethyl adjacent to an activating group) is 1. The molecule has 2 atom stereocenters. The van der Waals surface area contributed by atoms with Crippen molar-refractivity contribution in [2.75, 3.05) is 30.5 Å². The molecule has 2 N–H and O–H groups in total. The second-order valence-corrected chi connectivity index (χ2v) is 11.5. The van der Waals surface area contributed by atoms with E-state index >= 15 is 0 Å².